The van der Waals surface area contributed by atoms with Gasteiger partial charge in [-0.1, -0.05) is 43.3 Å². The van der Waals surface area contributed by atoms with Gasteiger partial charge in [0.2, 0.25) is 0 Å². The zero-order valence-corrected chi connectivity index (χ0v) is 13.9. The molecule has 4 rings (SSSR count). The molecular formula is C20H21N3O. The Morgan fingerprint density at radius 2 is 1.92 bits per heavy atom. The molecule has 3 heterocycles. The zero-order valence-electron chi connectivity index (χ0n) is 13.9. The third kappa shape index (κ3) is 2.48. The molecule has 1 atom stereocenters. The van der Waals surface area contributed by atoms with Gasteiger partial charge in [-0.3, -0.25) is 4.79 Å². The van der Waals surface area contributed by atoms with Gasteiger partial charge in [0.25, 0.3) is 5.91 Å². The van der Waals surface area contributed by atoms with E-state index in [1.807, 2.05) is 35.4 Å². The van der Waals surface area contributed by atoms with E-state index in [-0.39, 0.29) is 11.3 Å². The highest BCUT2D eigenvalue weighted by atomic mass is 16.2. The second-order valence-corrected chi connectivity index (χ2v) is 6.85. The fourth-order valence-electron chi connectivity index (χ4n) is 3.76. The second-order valence-electron chi connectivity index (χ2n) is 6.85. The Bertz CT molecular complexity index is 871. The smallest absolute Gasteiger partial charge is 0.257 e. The van der Waals surface area contributed by atoms with Crippen LogP contribution >= 0.6 is 0 Å². The molecule has 1 aliphatic heterocycles. The number of piperidine rings is 1. The summed E-state index contributed by atoms with van der Waals surface area (Å²) in [6.45, 7) is 3.82. The van der Waals surface area contributed by atoms with Gasteiger partial charge in [0.1, 0.15) is 0 Å². The molecule has 0 radical (unpaired) electrons. The van der Waals surface area contributed by atoms with Gasteiger partial charge in [0, 0.05) is 24.7 Å². The maximum absolute atomic E-state index is 13.1. The number of nitrogens with zero attached hydrogens (tertiary/aromatic N) is 3. The van der Waals surface area contributed by atoms with E-state index >= 15 is 0 Å². The molecule has 0 aliphatic carbocycles. The van der Waals surface area contributed by atoms with E-state index in [9.17, 15) is 4.79 Å². The van der Waals surface area contributed by atoms with Gasteiger partial charge < -0.3 is 4.90 Å². The zero-order chi connectivity index (χ0) is 16.6. The van der Waals surface area contributed by atoms with Gasteiger partial charge in [-0.25, -0.2) is 4.52 Å². The van der Waals surface area contributed by atoms with Crippen molar-refractivity contribution in [2.24, 2.45) is 0 Å². The van der Waals surface area contributed by atoms with Gasteiger partial charge in [-0.05, 0) is 30.5 Å². The minimum Gasteiger partial charge on any atom is -0.338 e. The van der Waals surface area contributed by atoms with Crippen LogP contribution < -0.4 is 0 Å². The molecule has 0 N–H and O–H groups in total. The van der Waals surface area contributed by atoms with Gasteiger partial charge in [-0.15, -0.1) is 0 Å². The fourth-order valence-corrected chi connectivity index (χ4v) is 3.76. The first-order valence-electron chi connectivity index (χ1n) is 8.45. The third-order valence-electron chi connectivity index (χ3n) is 5.11. The van der Waals surface area contributed by atoms with Crippen LogP contribution in [-0.4, -0.2) is 33.5 Å². The van der Waals surface area contributed by atoms with Crippen LogP contribution in [0.15, 0.2) is 60.9 Å². The molecule has 1 fully saturated rings. The second kappa shape index (κ2) is 5.78. The molecule has 1 saturated heterocycles. The molecule has 4 heteroatoms. The summed E-state index contributed by atoms with van der Waals surface area (Å²) in [5.74, 6) is 0.0815. The number of likely N-dealkylation sites (tertiary alicyclic amines) is 1. The maximum atomic E-state index is 13.1. The molecule has 3 aromatic rings. The maximum Gasteiger partial charge on any atom is 0.257 e. The molecule has 2 aromatic heterocycles. The Labute approximate surface area is 141 Å². The lowest BCUT2D eigenvalue weighted by molar-refractivity contribution is 0.0653. The minimum absolute atomic E-state index is 0.0120. The minimum atomic E-state index is 0.0120. The van der Waals surface area contributed by atoms with Crippen LogP contribution in [0.5, 0.6) is 0 Å². The molecule has 1 aliphatic rings. The SMILES string of the molecule is C[C@]1(c2ccccc2)CCCN(C(=O)c2cnn3ccccc23)C1. The first-order valence-corrected chi connectivity index (χ1v) is 8.45. The number of pyridine rings is 1. The topological polar surface area (TPSA) is 37.6 Å². The molecule has 24 heavy (non-hydrogen) atoms. The first-order chi connectivity index (χ1) is 11.7. The summed E-state index contributed by atoms with van der Waals surface area (Å²) >= 11 is 0. The predicted octanol–water partition coefficient (Wildman–Crippen LogP) is 3.53. The Balaban J connectivity index is 1.63. The summed E-state index contributed by atoms with van der Waals surface area (Å²) in [5.41, 5.74) is 2.88. The molecule has 0 bridgehead atoms. The van der Waals surface area contributed by atoms with Gasteiger partial charge in [-0.2, -0.15) is 5.10 Å². The lowest BCUT2D eigenvalue weighted by atomic mass is 9.76. The molecule has 0 unspecified atom stereocenters. The average Bonchev–Trinajstić information content (AvgIpc) is 3.06. The summed E-state index contributed by atoms with van der Waals surface area (Å²) in [6, 6.07) is 16.3. The van der Waals surface area contributed by atoms with Crippen molar-refractivity contribution in [2.45, 2.75) is 25.2 Å². The summed E-state index contributed by atoms with van der Waals surface area (Å²) in [6.07, 6.45) is 5.69. The Kier molecular flexibility index (Phi) is 3.60. The van der Waals surface area contributed by atoms with E-state index in [0.29, 0.717) is 5.56 Å². The summed E-state index contributed by atoms with van der Waals surface area (Å²) in [5, 5.41) is 4.30. The summed E-state index contributed by atoms with van der Waals surface area (Å²) in [7, 11) is 0. The normalized spacial score (nSPS) is 21.1. The number of carbonyl (C=O) groups is 1. The Morgan fingerprint density at radius 1 is 1.12 bits per heavy atom. The Hall–Kier alpha value is -2.62. The van der Waals surface area contributed by atoms with Gasteiger partial charge in [0.15, 0.2) is 0 Å². The van der Waals surface area contributed by atoms with E-state index in [1.54, 1.807) is 10.7 Å². The number of aromatic nitrogens is 2. The Morgan fingerprint density at radius 3 is 2.75 bits per heavy atom. The van der Waals surface area contributed by atoms with Crippen molar-refractivity contribution in [1.29, 1.82) is 0 Å². The summed E-state index contributed by atoms with van der Waals surface area (Å²) < 4.78 is 1.76. The van der Waals surface area contributed by atoms with Crippen molar-refractivity contribution in [3.8, 4) is 0 Å². The van der Waals surface area contributed by atoms with Gasteiger partial charge in [0.05, 0.1) is 17.3 Å². The van der Waals surface area contributed by atoms with E-state index in [0.717, 1.165) is 31.4 Å². The molecular weight excluding hydrogens is 298 g/mol. The highest BCUT2D eigenvalue weighted by molar-refractivity contribution is 6.00. The standard InChI is InChI=1S/C20H21N3O/c1-20(16-8-3-2-4-9-16)11-7-12-22(15-20)19(24)17-14-21-23-13-6-5-10-18(17)23/h2-6,8-10,13-14H,7,11-12,15H2,1H3/t20-/m0/s1. The van der Waals surface area contributed by atoms with Crippen LogP contribution in [0.4, 0.5) is 0 Å². The van der Waals surface area contributed by atoms with Crippen molar-refractivity contribution in [1.82, 2.24) is 14.5 Å². The van der Waals surface area contributed by atoms with E-state index in [1.165, 1.54) is 5.56 Å². The fraction of sp³-hybridized carbons (Fsp3) is 0.300. The predicted molar refractivity (Wildman–Crippen MR) is 94.1 cm³/mol. The van der Waals surface area contributed by atoms with Crippen LogP contribution in [-0.2, 0) is 5.41 Å². The van der Waals surface area contributed by atoms with E-state index in [2.05, 4.69) is 36.3 Å². The van der Waals surface area contributed by atoms with E-state index < -0.39 is 0 Å². The first kappa shape index (κ1) is 14.9. The van der Waals surface area contributed by atoms with Crippen molar-refractivity contribution in [3.63, 3.8) is 0 Å². The van der Waals surface area contributed by atoms with Crippen LogP contribution in [0, 0.1) is 0 Å². The van der Waals surface area contributed by atoms with Crippen LogP contribution in [0.1, 0.15) is 35.7 Å². The monoisotopic (exact) mass is 319 g/mol. The number of fused-ring (bicyclic) bond motifs is 1. The van der Waals surface area contributed by atoms with Crippen molar-refractivity contribution < 1.29 is 4.79 Å². The average molecular weight is 319 g/mol. The summed E-state index contributed by atoms with van der Waals surface area (Å²) in [4.78, 5) is 15.1. The number of hydrogen-bond donors (Lipinski definition) is 0. The van der Waals surface area contributed by atoms with Crippen LogP contribution in [0.2, 0.25) is 0 Å². The molecule has 0 saturated carbocycles. The third-order valence-corrected chi connectivity index (χ3v) is 5.11. The molecule has 122 valence electrons. The highest BCUT2D eigenvalue weighted by Gasteiger charge is 2.35. The number of amides is 1. The highest BCUT2D eigenvalue weighted by Crippen LogP contribution is 2.34. The molecule has 1 amide bonds. The van der Waals surface area contributed by atoms with Crippen LogP contribution in [0.25, 0.3) is 5.52 Å². The molecule has 4 nitrogen and oxygen atoms in total. The van der Waals surface area contributed by atoms with Crippen molar-refractivity contribution in [2.75, 3.05) is 13.1 Å². The lowest BCUT2D eigenvalue weighted by Gasteiger charge is -2.41. The largest absolute Gasteiger partial charge is 0.338 e. The van der Waals surface area contributed by atoms with Gasteiger partial charge >= 0.3 is 0 Å². The van der Waals surface area contributed by atoms with Crippen molar-refractivity contribution in [3.05, 3.63) is 72.1 Å². The number of hydrogen-bond acceptors (Lipinski definition) is 2. The molecule has 0 spiro atoms. The number of benzene rings is 1. The molecule has 1 aromatic carbocycles. The quantitative estimate of drug-likeness (QED) is 0.725. The van der Waals surface area contributed by atoms with E-state index in [4.69, 9.17) is 0 Å². The van der Waals surface area contributed by atoms with Crippen LogP contribution in [0.3, 0.4) is 0 Å². The van der Waals surface area contributed by atoms with Crippen molar-refractivity contribution >= 4 is 11.4 Å². The number of carbonyl (C=O) groups excluding carboxylic acids is 1. The number of rotatable bonds is 2. The lowest BCUT2D eigenvalue weighted by Crippen LogP contribution is -2.47.